The van der Waals surface area contributed by atoms with Crippen molar-refractivity contribution in [1.29, 1.82) is 0 Å². The van der Waals surface area contributed by atoms with E-state index in [4.69, 9.17) is 9.46 Å². The molecule has 0 aromatic heterocycles. The van der Waals surface area contributed by atoms with Gasteiger partial charge in [-0.25, -0.2) is 0 Å². The fraction of sp³-hybridized carbons (Fsp3) is 0.300. The van der Waals surface area contributed by atoms with E-state index < -0.39 is 8.69 Å². The Morgan fingerprint density at radius 3 is 1.80 bits per heavy atom. The minimum atomic E-state index is -1.17. The van der Waals surface area contributed by atoms with Crippen LogP contribution in [-0.2, 0) is 9.36 Å². The second-order valence-electron chi connectivity index (χ2n) is 2.97. The van der Waals surface area contributed by atoms with Crippen molar-refractivity contribution >= 4 is 15.0 Å². The van der Waals surface area contributed by atoms with E-state index in [1.165, 1.54) is 5.56 Å². The Kier molecular flexibility index (Phi) is 9.98. The maximum Gasteiger partial charge on any atom is 1.00 e. The minimum absolute atomic E-state index is 0. The summed E-state index contributed by atoms with van der Waals surface area (Å²) in [6.45, 7) is 5.88. The Hall–Kier alpha value is -0.453. The topological polar surface area (TPSA) is 54.4 Å². The molecule has 0 saturated heterocycles. The van der Waals surface area contributed by atoms with E-state index in [0.29, 0.717) is 5.56 Å². The van der Waals surface area contributed by atoms with Crippen LogP contribution in [0.1, 0.15) is 22.3 Å². The van der Waals surface area contributed by atoms with Crippen molar-refractivity contribution in [2.45, 2.75) is 20.8 Å². The van der Waals surface area contributed by atoms with Crippen molar-refractivity contribution in [2.24, 2.45) is 0 Å². The summed E-state index contributed by atoms with van der Waals surface area (Å²) in [6.07, 6.45) is 1.94. The van der Waals surface area contributed by atoms with Gasteiger partial charge >= 0.3 is 27.5 Å². The van der Waals surface area contributed by atoms with Crippen molar-refractivity contribution in [3.8, 4) is 0 Å². The zero-order valence-corrected chi connectivity index (χ0v) is 10.4. The predicted molar refractivity (Wildman–Crippen MR) is 56.7 cm³/mol. The van der Waals surface area contributed by atoms with Gasteiger partial charge in [-0.05, 0) is 11.5 Å². The van der Waals surface area contributed by atoms with Gasteiger partial charge in [-0.1, -0.05) is 19.4 Å². The molecule has 0 fully saturated rings. The second kappa shape index (κ2) is 8.82. The standard InChI is InChI=1S/C10H11O.Li.HO2P/c1-7-4-8(2)10(6-11)9(3)5-7;;1-3-2/h4-5H,1-3H3;;3H/q-1;+1;/p+1. The molecule has 1 rings (SSSR count). The number of benzene rings is 1. The molecular weight excluding hydrogens is 206 g/mol. The fourth-order valence-corrected chi connectivity index (χ4v) is 1.34. The third-order valence-electron chi connectivity index (χ3n) is 1.78. The predicted octanol–water partition coefficient (Wildman–Crippen LogP) is -1.01. The van der Waals surface area contributed by atoms with Gasteiger partial charge in [-0.15, -0.1) is 28.8 Å². The maximum absolute atomic E-state index is 10.4. The average molecular weight is 219 g/mol. The Bertz CT molecular complexity index is 316. The van der Waals surface area contributed by atoms with E-state index in [9.17, 15) is 4.79 Å². The van der Waals surface area contributed by atoms with E-state index in [0.717, 1.165) is 11.1 Å². The van der Waals surface area contributed by atoms with Gasteiger partial charge < -0.3 is 4.79 Å². The Morgan fingerprint density at radius 2 is 1.53 bits per heavy atom. The molecule has 1 atom stereocenters. The summed E-state index contributed by atoms with van der Waals surface area (Å²) < 4.78 is 8.51. The molecule has 0 bridgehead atoms. The third-order valence-corrected chi connectivity index (χ3v) is 1.78. The van der Waals surface area contributed by atoms with Gasteiger partial charge in [0.15, 0.2) is 0 Å². The van der Waals surface area contributed by atoms with Crippen LogP contribution in [0, 0.1) is 20.8 Å². The van der Waals surface area contributed by atoms with Crippen LogP contribution in [0.25, 0.3) is 0 Å². The SMILES string of the molecule is Cc1cc(C)c([C-]=O)c(C)c1.O=[PH+]O.[Li+]. The number of rotatable bonds is 1. The van der Waals surface area contributed by atoms with E-state index >= 15 is 0 Å². The summed E-state index contributed by atoms with van der Waals surface area (Å²) in [6, 6.07) is 3.99. The van der Waals surface area contributed by atoms with Crippen LogP contribution in [0.2, 0.25) is 0 Å². The average Bonchev–Trinajstić information content (AvgIpc) is 2.04. The summed E-state index contributed by atoms with van der Waals surface area (Å²) in [7, 11) is -1.17. The van der Waals surface area contributed by atoms with Crippen LogP contribution in [0.3, 0.4) is 0 Å². The molecule has 0 radical (unpaired) electrons. The summed E-state index contributed by atoms with van der Waals surface area (Å²) in [4.78, 5) is 17.5. The molecular formula is C10H13LiO3P+. The Labute approximate surface area is 103 Å². The van der Waals surface area contributed by atoms with Gasteiger partial charge in [0.1, 0.15) is 0 Å². The van der Waals surface area contributed by atoms with Crippen molar-refractivity contribution in [3.05, 3.63) is 34.4 Å². The number of hydrogen-bond acceptors (Lipinski definition) is 2. The van der Waals surface area contributed by atoms with Crippen molar-refractivity contribution in [3.63, 3.8) is 0 Å². The monoisotopic (exact) mass is 219 g/mol. The largest absolute Gasteiger partial charge is 1.00 e. The molecule has 15 heavy (non-hydrogen) atoms. The Balaban J connectivity index is 0. The fourth-order valence-electron chi connectivity index (χ4n) is 1.34. The van der Waals surface area contributed by atoms with Gasteiger partial charge in [-0.2, -0.15) is 4.89 Å². The van der Waals surface area contributed by atoms with Gasteiger partial charge in [-0.3, -0.25) is 0 Å². The molecule has 3 nitrogen and oxygen atoms in total. The zero-order chi connectivity index (χ0) is 11.1. The Morgan fingerprint density at radius 1 is 1.20 bits per heavy atom. The van der Waals surface area contributed by atoms with E-state index in [1.807, 2.05) is 39.2 Å². The van der Waals surface area contributed by atoms with E-state index in [-0.39, 0.29) is 18.9 Å². The molecule has 0 saturated carbocycles. The first kappa shape index (κ1) is 17.0. The van der Waals surface area contributed by atoms with Crippen LogP contribution in [0.5, 0.6) is 0 Å². The smallest absolute Gasteiger partial charge is 0.376 e. The van der Waals surface area contributed by atoms with Crippen molar-refractivity contribution in [1.82, 2.24) is 0 Å². The van der Waals surface area contributed by atoms with Gasteiger partial charge in [0, 0.05) is 0 Å². The molecule has 0 aliphatic heterocycles. The molecule has 1 unspecified atom stereocenters. The molecule has 0 amide bonds. The first-order valence-electron chi connectivity index (χ1n) is 4.04. The molecule has 0 spiro atoms. The summed E-state index contributed by atoms with van der Waals surface area (Å²) in [5.74, 6) is 0. The normalized spacial score (nSPS) is 8.53. The number of hydrogen-bond donors (Lipinski definition) is 1. The van der Waals surface area contributed by atoms with Crippen LogP contribution in [0.15, 0.2) is 12.1 Å². The first-order chi connectivity index (χ1) is 6.56. The van der Waals surface area contributed by atoms with Crippen LogP contribution >= 0.6 is 8.69 Å². The maximum atomic E-state index is 10.4. The molecule has 1 aromatic rings. The zero-order valence-electron chi connectivity index (χ0n) is 9.42. The molecule has 1 N–H and O–H groups in total. The van der Waals surface area contributed by atoms with Gasteiger partial charge in [0.25, 0.3) is 0 Å². The summed E-state index contributed by atoms with van der Waals surface area (Å²) >= 11 is 0. The molecule has 0 aliphatic carbocycles. The quantitative estimate of drug-likeness (QED) is 0.374. The third kappa shape index (κ3) is 5.87. The van der Waals surface area contributed by atoms with Crippen LogP contribution in [-0.4, -0.2) is 11.2 Å². The van der Waals surface area contributed by atoms with Gasteiger partial charge in [0.05, 0.1) is 6.29 Å². The molecule has 1 aromatic carbocycles. The van der Waals surface area contributed by atoms with Crippen molar-refractivity contribution < 1.29 is 33.1 Å². The summed E-state index contributed by atoms with van der Waals surface area (Å²) in [5, 5.41) is 0. The minimum Gasteiger partial charge on any atom is -0.376 e. The molecule has 0 aliphatic rings. The van der Waals surface area contributed by atoms with Crippen molar-refractivity contribution in [2.75, 3.05) is 0 Å². The molecule has 0 heterocycles. The van der Waals surface area contributed by atoms with Crippen LogP contribution in [0.4, 0.5) is 0 Å². The van der Waals surface area contributed by atoms with E-state index in [1.54, 1.807) is 0 Å². The van der Waals surface area contributed by atoms with Gasteiger partial charge in [0.2, 0.25) is 0 Å². The number of aryl methyl sites for hydroxylation is 3. The van der Waals surface area contributed by atoms with E-state index in [2.05, 4.69) is 0 Å². The van der Waals surface area contributed by atoms with Crippen LogP contribution < -0.4 is 18.9 Å². The first-order valence-corrected chi connectivity index (χ1v) is 4.89. The summed E-state index contributed by atoms with van der Waals surface area (Å²) in [5.41, 5.74) is 3.92. The number of carbonyl (C=O) groups excluding carboxylic acids is 1. The molecule has 76 valence electrons. The second-order valence-corrected chi connectivity index (χ2v) is 3.15. The molecule has 5 heteroatoms.